The zero-order chi connectivity index (χ0) is 12.0. The number of rotatable bonds is 1. The molecule has 4 heteroatoms. The number of anilines is 2. The van der Waals surface area contributed by atoms with E-state index in [2.05, 4.69) is 64.7 Å². The van der Waals surface area contributed by atoms with E-state index in [0.29, 0.717) is 0 Å². The molecule has 4 nitrogen and oxygen atoms in total. The number of nitrogens with zero attached hydrogens (tertiary/aromatic N) is 4. The molecule has 0 fully saturated rings. The van der Waals surface area contributed by atoms with Gasteiger partial charge in [-0.25, -0.2) is 9.66 Å². The van der Waals surface area contributed by atoms with Crippen molar-refractivity contribution in [3.8, 4) is 0 Å². The highest BCUT2D eigenvalue weighted by Crippen LogP contribution is 2.30. The molecule has 0 bridgehead atoms. The Balaban J connectivity index is 2.11. The van der Waals surface area contributed by atoms with Crippen LogP contribution in [0.2, 0.25) is 0 Å². The molecule has 17 heavy (non-hydrogen) atoms. The second-order valence-electron chi connectivity index (χ2n) is 4.46. The first kappa shape index (κ1) is 10.2. The Labute approximate surface area is 101 Å². The van der Waals surface area contributed by atoms with Crippen LogP contribution in [-0.4, -0.2) is 23.4 Å². The lowest BCUT2D eigenvalue weighted by atomic mass is 10.3. The minimum Gasteiger partial charge on any atom is -0.293 e. The highest BCUT2D eigenvalue weighted by atomic mass is 15.7. The molecule has 1 aromatic heterocycles. The maximum Gasteiger partial charge on any atom is 0.231 e. The molecule has 2 aromatic rings. The minimum atomic E-state index is 0.841. The van der Waals surface area contributed by atoms with E-state index in [1.165, 1.54) is 11.4 Å². The fourth-order valence-corrected chi connectivity index (χ4v) is 2.30. The summed E-state index contributed by atoms with van der Waals surface area (Å²) < 4.78 is 2.17. The fraction of sp³-hybridized carbons (Fsp3) is 0.308. The Hall–Kier alpha value is -1.97. The van der Waals surface area contributed by atoms with Gasteiger partial charge in [0.05, 0.1) is 11.4 Å². The lowest BCUT2D eigenvalue weighted by Crippen LogP contribution is -2.30. The number of aromatic nitrogens is 2. The normalized spacial score (nSPS) is 14.3. The van der Waals surface area contributed by atoms with Gasteiger partial charge in [0.15, 0.2) is 0 Å². The van der Waals surface area contributed by atoms with Crippen LogP contribution in [0.4, 0.5) is 11.6 Å². The van der Waals surface area contributed by atoms with Crippen molar-refractivity contribution in [2.75, 3.05) is 23.6 Å². The standard InChI is InChI=1S/C13H16N4/c1-10-11(2)17-13(14-10)16(9-15(17)3)12-7-5-4-6-8-12/h4-8H,9H2,1-3H3. The summed E-state index contributed by atoms with van der Waals surface area (Å²) in [5.41, 5.74) is 3.48. The van der Waals surface area contributed by atoms with Gasteiger partial charge < -0.3 is 0 Å². The quantitative estimate of drug-likeness (QED) is 0.747. The van der Waals surface area contributed by atoms with E-state index in [9.17, 15) is 0 Å². The number of hydrogen-bond donors (Lipinski definition) is 0. The van der Waals surface area contributed by atoms with Crippen molar-refractivity contribution < 1.29 is 0 Å². The lowest BCUT2D eigenvalue weighted by molar-refractivity contribution is 0.716. The molecule has 1 aliphatic heterocycles. The highest BCUT2D eigenvalue weighted by Gasteiger charge is 2.28. The van der Waals surface area contributed by atoms with Crippen molar-refractivity contribution in [1.82, 2.24) is 9.66 Å². The molecule has 1 aromatic carbocycles. The molecule has 0 N–H and O–H groups in total. The predicted octanol–water partition coefficient (Wildman–Crippen LogP) is 2.18. The van der Waals surface area contributed by atoms with Gasteiger partial charge in [-0.2, -0.15) is 0 Å². The Morgan fingerprint density at radius 3 is 2.53 bits per heavy atom. The third-order valence-corrected chi connectivity index (χ3v) is 3.30. The van der Waals surface area contributed by atoms with Crippen LogP contribution in [0.3, 0.4) is 0 Å². The third kappa shape index (κ3) is 1.40. The zero-order valence-corrected chi connectivity index (χ0v) is 10.4. The van der Waals surface area contributed by atoms with Gasteiger partial charge >= 0.3 is 0 Å². The van der Waals surface area contributed by atoms with E-state index in [1.54, 1.807) is 0 Å². The van der Waals surface area contributed by atoms with Crippen LogP contribution >= 0.6 is 0 Å². The molecular formula is C13H16N4. The summed E-state index contributed by atoms with van der Waals surface area (Å²) in [5, 5.41) is 2.18. The lowest BCUT2D eigenvalue weighted by Gasteiger charge is -2.17. The molecule has 0 spiro atoms. The monoisotopic (exact) mass is 228 g/mol. The Kier molecular flexibility index (Phi) is 2.11. The van der Waals surface area contributed by atoms with Crippen molar-refractivity contribution in [2.24, 2.45) is 0 Å². The average Bonchev–Trinajstić information content (AvgIpc) is 2.81. The van der Waals surface area contributed by atoms with Gasteiger partial charge in [0.25, 0.3) is 0 Å². The van der Waals surface area contributed by atoms with Crippen LogP contribution in [0, 0.1) is 13.8 Å². The summed E-state index contributed by atoms with van der Waals surface area (Å²) in [4.78, 5) is 6.87. The maximum absolute atomic E-state index is 4.65. The molecule has 0 atom stereocenters. The van der Waals surface area contributed by atoms with Crippen molar-refractivity contribution >= 4 is 11.6 Å². The molecule has 1 aliphatic rings. The topological polar surface area (TPSA) is 24.3 Å². The van der Waals surface area contributed by atoms with Gasteiger partial charge in [-0.1, -0.05) is 18.2 Å². The Morgan fingerprint density at radius 2 is 1.82 bits per heavy atom. The summed E-state index contributed by atoms with van der Waals surface area (Å²) in [5.74, 6) is 1.01. The Bertz CT molecular complexity index is 544. The Morgan fingerprint density at radius 1 is 1.12 bits per heavy atom. The maximum atomic E-state index is 4.65. The van der Waals surface area contributed by atoms with E-state index < -0.39 is 0 Å². The van der Waals surface area contributed by atoms with Crippen LogP contribution < -0.4 is 9.91 Å². The minimum absolute atomic E-state index is 0.841. The predicted molar refractivity (Wildman–Crippen MR) is 69.3 cm³/mol. The average molecular weight is 228 g/mol. The summed E-state index contributed by atoms with van der Waals surface area (Å²) in [6.45, 7) is 5.00. The SMILES string of the molecule is Cc1nc2n(c1C)N(C)CN2c1ccccc1. The largest absolute Gasteiger partial charge is 0.293 e. The second kappa shape index (κ2) is 3.52. The molecule has 88 valence electrons. The molecule has 0 aliphatic carbocycles. The zero-order valence-electron chi connectivity index (χ0n) is 10.4. The highest BCUT2D eigenvalue weighted by molar-refractivity contribution is 5.61. The summed E-state index contributed by atoms with van der Waals surface area (Å²) >= 11 is 0. The van der Waals surface area contributed by atoms with E-state index in [4.69, 9.17) is 0 Å². The van der Waals surface area contributed by atoms with Crippen molar-refractivity contribution in [3.63, 3.8) is 0 Å². The van der Waals surface area contributed by atoms with Gasteiger partial charge in [-0.3, -0.25) is 9.91 Å². The molecule has 0 saturated heterocycles. The number of fused-ring (bicyclic) bond motifs is 1. The van der Waals surface area contributed by atoms with Crippen LogP contribution in [0.25, 0.3) is 0 Å². The smallest absolute Gasteiger partial charge is 0.231 e. The van der Waals surface area contributed by atoms with E-state index in [0.717, 1.165) is 18.3 Å². The number of aryl methyl sites for hydroxylation is 1. The van der Waals surface area contributed by atoms with Crippen molar-refractivity contribution in [3.05, 3.63) is 41.7 Å². The van der Waals surface area contributed by atoms with E-state index >= 15 is 0 Å². The van der Waals surface area contributed by atoms with E-state index in [-0.39, 0.29) is 0 Å². The third-order valence-electron chi connectivity index (χ3n) is 3.30. The fourth-order valence-electron chi connectivity index (χ4n) is 2.30. The summed E-state index contributed by atoms with van der Waals surface area (Å²) in [6, 6.07) is 10.4. The molecule has 0 unspecified atom stereocenters. The van der Waals surface area contributed by atoms with Gasteiger partial charge in [0.2, 0.25) is 5.95 Å². The van der Waals surface area contributed by atoms with Crippen LogP contribution in [-0.2, 0) is 0 Å². The van der Waals surface area contributed by atoms with E-state index in [1.807, 2.05) is 6.07 Å². The van der Waals surface area contributed by atoms with Gasteiger partial charge in [0.1, 0.15) is 6.67 Å². The molecule has 2 heterocycles. The van der Waals surface area contributed by atoms with Crippen molar-refractivity contribution in [1.29, 1.82) is 0 Å². The second-order valence-corrected chi connectivity index (χ2v) is 4.46. The van der Waals surface area contributed by atoms with Crippen LogP contribution in [0.5, 0.6) is 0 Å². The number of benzene rings is 1. The molecule has 0 amide bonds. The summed E-state index contributed by atoms with van der Waals surface area (Å²) in [7, 11) is 2.08. The van der Waals surface area contributed by atoms with Gasteiger partial charge in [-0.05, 0) is 26.0 Å². The first-order valence-electron chi connectivity index (χ1n) is 5.78. The summed E-state index contributed by atoms with van der Waals surface area (Å²) in [6.07, 6.45) is 0. The van der Waals surface area contributed by atoms with Gasteiger partial charge in [0, 0.05) is 12.7 Å². The molecule has 0 radical (unpaired) electrons. The number of para-hydroxylation sites is 1. The number of imidazole rings is 1. The molecule has 3 rings (SSSR count). The first-order chi connectivity index (χ1) is 8.18. The van der Waals surface area contributed by atoms with Gasteiger partial charge in [-0.15, -0.1) is 0 Å². The van der Waals surface area contributed by atoms with Crippen LogP contribution in [0.1, 0.15) is 11.4 Å². The number of hydrogen-bond acceptors (Lipinski definition) is 3. The van der Waals surface area contributed by atoms with Crippen molar-refractivity contribution in [2.45, 2.75) is 13.8 Å². The first-order valence-corrected chi connectivity index (χ1v) is 5.78. The molecular weight excluding hydrogens is 212 g/mol. The van der Waals surface area contributed by atoms with Crippen LogP contribution in [0.15, 0.2) is 30.3 Å². The molecule has 0 saturated carbocycles.